The molecule has 0 bridgehead atoms. The number of nitrogens with one attached hydrogen (secondary N) is 2. The lowest BCUT2D eigenvalue weighted by Gasteiger charge is -2.29. The fourth-order valence-electron chi connectivity index (χ4n) is 3.77. The highest BCUT2D eigenvalue weighted by molar-refractivity contribution is 6.01. The van der Waals surface area contributed by atoms with E-state index in [9.17, 15) is 9.59 Å². The summed E-state index contributed by atoms with van der Waals surface area (Å²) >= 11 is 0. The van der Waals surface area contributed by atoms with E-state index in [4.69, 9.17) is 0 Å². The molecule has 1 aliphatic heterocycles. The summed E-state index contributed by atoms with van der Waals surface area (Å²) in [6, 6.07) is 23.0. The van der Waals surface area contributed by atoms with Gasteiger partial charge in [0.2, 0.25) is 5.91 Å². The number of rotatable bonds is 4. The average molecular weight is 399 g/mol. The molecule has 1 heterocycles. The van der Waals surface area contributed by atoms with Crippen molar-refractivity contribution in [2.75, 3.05) is 17.2 Å². The Hall–Kier alpha value is -3.60. The van der Waals surface area contributed by atoms with E-state index >= 15 is 0 Å². The second-order valence-electron chi connectivity index (χ2n) is 7.56. The molecule has 0 saturated carbocycles. The number of hydrogen-bond acceptors (Lipinski definition) is 2. The molecule has 152 valence electrons. The molecule has 2 N–H and O–H groups in total. The third kappa shape index (κ3) is 4.51. The Bertz CT molecular complexity index is 1080. The quantitative estimate of drug-likeness (QED) is 0.664. The molecule has 5 nitrogen and oxygen atoms in total. The maximum absolute atomic E-state index is 12.9. The Morgan fingerprint density at radius 2 is 1.47 bits per heavy atom. The summed E-state index contributed by atoms with van der Waals surface area (Å²) in [7, 11) is 0. The smallest absolute Gasteiger partial charge is 0.323 e. The Kier molecular flexibility index (Phi) is 5.80. The molecule has 0 radical (unpaired) electrons. The Labute approximate surface area is 176 Å². The van der Waals surface area contributed by atoms with Gasteiger partial charge >= 0.3 is 6.03 Å². The van der Waals surface area contributed by atoms with Crippen molar-refractivity contribution in [1.29, 1.82) is 0 Å². The number of aryl methyl sites for hydroxylation is 1. The zero-order chi connectivity index (χ0) is 20.9. The lowest BCUT2D eigenvalue weighted by Crippen LogP contribution is -2.37. The number of carbonyl (C=O) groups is 2. The Balaban J connectivity index is 1.43. The van der Waals surface area contributed by atoms with E-state index in [1.165, 1.54) is 11.1 Å². The Morgan fingerprint density at radius 1 is 0.833 bits per heavy atom. The van der Waals surface area contributed by atoms with Crippen LogP contribution in [0.25, 0.3) is 0 Å². The lowest BCUT2D eigenvalue weighted by atomic mass is 9.99. The summed E-state index contributed by atoms with van der Waals surface area (Å²) in [5, 5.41) is 5.76. The number of para-hydroxylation sites is 2. The first-order valence-electron chi connectivity index (χ1n) is 10.2. The van der Waals surface area contributed by atoms with Crippen molar-refractivity contribution in [2.45, 2.75) is 26.3 Å². The number of anilines is 2. The van der Waals surface area contributed by atoms with Crippen LogP contribution in [0.15, 0.2) is 72.8 Å². The fraction of sp³-hybridized carbons (Fsp3) is 0.200. The van der Waals surface area contributed by atoms with E-state index in [1.807, 2.05) is 72.5 Å². The van der Waals surface area contributed by atoms with Crippen LogP contribution in [0.2, 0.25) is 0 Å². The molecule has 0 fully saturated rings. The van der Waals surface area contributed by atoms with Crippen LogP contribution in [-0.4, -0.2) is 23.4 Å². The molecule has 0 saturated heterocycles. The van der Waals surface area contributed by atoms with Crippen molar-refractivity contribution in [2.24, 2.45) is 0 Å². The van der Waals surface area contributed by atoms with Gasteiger partial charge in [-0.3, -0.25) is 4.79 Å². The molecule has 0 atom stereocenters. The molecule has 3 amide bonds. The van der Waals surface area contributed by atoms with Gasteiger partial charge in [-0.2, -0.15) is 0 Å². The van der Waals surface area contributed by atoms with E-state index in [0.717, 1.165) is 29.8 Å². The molecule has 5 heteroatoms. The van der Waals surface area contributed by atoms with Crippen molar-refractivity contribution in [3.05, 3.63) is 95.1 Å². The number of fused-ring (bicyclic) bond motifs is 1. The topological polar surface area (TPSA) is 61.4 Å². The van der Waals surface area contributed by atoms with Gasteiger partial charge < -0.3 is 15.5 Å². The van der Waals surface area contributed by atoms with Crippen molar-refractivity contribution >= 4 is 23.3 Å². The van der Waals surface area contributed by atoms with E-state index in [2.05, 4.69) is 22.8 Å². The Morgan fingerprint density at radius 3 is 2.27 bits per heavy atom. The van der Waals surface area contributed by atoms with Gasteiger partial charge in [0.1, 0.15) is 0 Å². The van der Waals surface area contributed by atoms with Crippen LogP contribution in [0, 0.1) is 6.92 Å². The van der Waals surface area contributed by atoms with Crippen LogP contribution in [0.1, 0.15) is 22.3 Å². The third-order valence-corrected chi connectivity index (χ3v) is 5.48. The first-order chi connectivity index (χ1) is 14.6. The second kappa shape index (κ2) is 8.82. The maximum Gasteiger partial charge on any atom is 0.323 e. The normalized spacial score (nSPS) is 12.8. The average Bonchev–Trinajstić information content (AvgIpc) is 2.76. The predicted octanol–water partition coefficient (Wildman–Crippen LogP) is 4.77. The van der Waals surface area contributed by atoms with E-state index in [0.29, 0.717) is 12.2 Å². The minimum Gasteiger partial charge on any atom is -0.338 e. The van der Waals surface area contributed by atoms with Gasteiger partial charge in [-0.15, -0.1) is 0 Å². The summed E-state index contributed by atoms with van der Waals surface area (Å²) in [6.45, 7) is 3.30. The number of amides is 3. The number of hydrogen-bond donors (Lipinski definition) is 2. The third-order valence-electron chi connectivity index (χ3n) is 5.48. The van der Waals surface area contributed by atoms with Crippen molar-refractivity contribution < 1.29 is 9.59 Å². The van der Waals surface area contributed by atoms with Gasteiger partial charge in [0.15, 0.2) is 0 Å². The highest BCUT2D eigenvalue weighted by Crippen LogP contribution is 2.22. The molecule has 3 aromatic carbocycles. The highest BCUT2D eigenvalue weighted by atomic mass is 16.2. The minimum absolute atomic E-state index is 0.0677. The van der Waals surface area contributed by atoms with E-state index in [1.54, 1.807) is 0 Å². The van der Waals surface area contributed by atoms with Gasteiger partial charge in [-0.05, 0) is 47.7 Å². The lowest BCUT2D eigenvalue weighted by molar-refractivity contribution is -0.131. The summed E-state index contributed by atoms with van der Waals surface area (Å²) < 4.78 is 0. The van der Waals surface area contributed by atoms with Gasteiger partial charge in [-0.25, -0.2) is 4.79 Å². The van der Waals surface area contributed by atoms with Crippen LogP contribution in [0.3, 0.4) is 0 Å². The molecule has 1 aliphatic rings. The molecule has 30 heavy (non-hydrogen) atoms. The summed E-state index contributed by atoms with van der Waals surface area (Å²) in [5.74, 6) is 0.0677. The monoisotopic (exact) mass is 399 g/mol. The second-order valence-corrected chi connectivity index (χ2v) is 7.56. The molecule has 3 aromatic rings. The van der Waals surface area contributed by atoms with E-state index < -0.39 is 0 Å². The number of nitrogens with zero attached hydrogens (tertiary/aromatic N) is 1. The molecule has 4 rings (SSSR count). The predicted molar refractivity (Wildman–Crippen MR) is 120 cm³/mol. The van der Waals surface area contributed by atoms with Gasteiger partial charge in [0.05, 0.1) is 6.42 Å². The van der Waals surface area contributed by atoms with Crippen LogP contribution in [0.5, 0.6) is 0 Å². The summed E-state index contributed by atoms with van der Waals surface area (Å²) in [5.41, 5.74) is 5.73. The van der Waals surface area contributed by atoms with Gasteiger partial charge in [-0.1, -0.05) is 60.7 Å². The summed E-state index contributed by atoms with van der Waals surface area (Å²) in [4.78, 5) is 27.3. The van der Waals surface area contributed by atoms with Crippen molar-refractivity contribution in [1.82, 2.24) is 4.90 Å². The van der Waals surface area contributed by atoms with E-state index in [-0.39, 0.29) is 18.4 Å². The van der Waals surface area contributed by atoms with Gasteiger partial charge in [0, 0.05) is 24.5 Å². The molecule has 0 aromatic heterocycles. The highest BCUT2D eigenvalue weighted by Gasteiger charge is 2.21. The summed E-state index contributed by atoms with van der Waals surface area (Å²) in [6.07, 6.45) is 1.13. The van der Waals surface area contributed by atoms with Crippen molar-refractivity contribution in [3.8, 4) is 0 Å². The molecular weight excluding hydrogens is 374 g/mol. The molecular formula is C25H25N3O2. The molecule has 0 unspecified atom stereocenters. The number of benzene rings is 3. The largest absolute Gasteiger partial charge is 0.338 e. The zero-order valence-electron chi connectivity index (χ0n) is 17.0. The zero-order valence-corrected chi connectivity index (χ0v) is 17.0. The van der Waals surface area contributed by atoms with Crippen LogP contribution in [-0.2, 0) is 24.2 Å². The van der Waals surface area contributed by atoms with Crippen LogP contribution >= 0.6 is 0 Å². The number of urea groups is 1. The molecule has 0 aliphatic carbocycles. The van der Waals surface area contributed by atoms with Crippen molar-refractivity contribution in [3.63, 3.8) is 0 Å². The van der Waals surface area contributed by atoms with Crippen LogP contribution < -0.4 is 10.6 Å². The first-order valence-corrected chi connectivity index (χ1v) is 10.2. The SMILES string of the molecule is Cc1ccccc1NC(=O)Nc1ccccc1CC(=O)N1CCc2ccccc2C1. The minimum atomic E-state index is -0.323. The first kappa shape index (κ1) is 19.7. The van der Waals surface area contributed by atoms with Gasteiger partial charge in [0.25, 0.3) is 0 Å². The fourth-order valence-corrected chi connectivity index (χ4v) is 3.77. The maximum atomic E-state index is 12.9. The van der Waals surface area contributed by atoms with Crippen LogP contribution in [0.4, 0.5) is 16.2 Å². The number of carbonyl (C=O) groups excluding carboxylic acids is 2. The standard InChI is InChI=1S/C25H25N3O2/c1-18-8-2-6-12-22(18)26-25(30)27-23-13-7-5-10-20(23)16-24(29)28-15-14-19-9-3-4-11-21(19)17-28/h2-13H,14-17H2,1H3,(H2,26,27,30). The molecule has 0 spiro atoms.